The number of nitrogens with zero attached hydrogens (tertiary/aromatic N) is 2. The lowest BCUT2D eigenvalue weighted by molar-refractivity contribution is 0.405. The Morgan fingerprint density at radius 3 is 2.58 bits per heavy atom. The summed E-state index contributed by atoms with van der Waals surface area (Å²) >= 11 is 1.58. The summed E-state index contributed by atoms with van der Waals surface area (Å²) in [7, 11) is 3.59. The summed E-state index contributed by atoms with van der Waals surface area (Å²) < 4.78 is 7.20. The first-order valence-electron chi connectivity index (χ1n) is 6.17. The minimum Gasteiger partial charge on any atom is -0.496 e. The molecule has 0 unspecified atom stereocenters. The maximum atomic E-state index is 6.20. The third kappa shape index (κ3) is 2.71. The van der Waals surface area contributed by atoms with Gasteiger partial charge in [-0.2, -0.15) is 5.10 Å². The molecular formula is C14H19N3OS. The number of rotatable bonds is 4. The van der Waals surface area contributed by atoms with E-state index in [4.69, 9.17) is 10.5 Å². The largest absolute Gasteiger partial charge is 0.496 e. The van der Waals surface area contributed by atoms with Crippen LogP contribution in [0.15, 0.2) is 34.2 Å². The van der Waals surface area contributed by atoms with Gasteiger partial charge in [-0.1, -0.05) is 37.7 Å². The average molecular weight is 277 g/mol. The molecule has 0 amide bonds. The van der Waals surface area contributed by atoms with E-state index in [9.17, 15) is 0 Å². The van der Waals surface area contributed by atoms with Gasteiger partial charge in [0.1, 0.15) is 10.8 Å². The zero-order chi connectivity index (χ0) is 14.0. The van der Waals surface area contributed by atoms with Crippen LogP contribution in [-0.4, -0.2) is 16.9 Å². The van der Waals surface area contributed by atoms with Crippen molar-refractivity contribution in [3.05, 3.63) is 30.0 Å². The third-order valence-corrected chi connectivity index (χ3v) is 4.12. The second kappa shape index (κ2) is 5.57. The quantitative estimate of drug-likeness (QED) is 0.931. The summed E-state index contributed by atoms with van der Waals surface area (Å²) in [6.45, 7) is 4.19. The molecule has 0 fully saturated rings. The van der Waals surface area contributed by atoms with Crippen LogP contribution in [0.2, 0.25) is 0 Å². The van der Waals surface area contributed by atoms with E-state index in [0.29, 0.717) is 5.92 Å². The highest BCUT2D eigenvalue weighted by atomic mass is 32.2. The maximum absolute atomic E-state index is 6.20. The van der Waals surface area contributed by atoms with Crippen LogP contribution in [0.5, 0.6) is 5.75 Å². The van der Waals surface area contributed by atoms with Crippen LogP contribution in [-0.2, 0) is 7.05 Å². The Morgan fingerprint density at radius 1 is 1.32 bits per heavy atom. The molecule has 0 saturated carbocycles. The van der Waals surface area contributed by atoms with Gasteiger partial charge in [0.15, 0.2) is 0 Å². The minimum absolute atomic E-state index is 0.318. The molecule has 4 nitrogen and oxygen atoms in total. The molecule has 2 rings (SSSR count). The monoisotopic (exact) mass is 277 g/mol. The van der Waals surface area contributed by atoms with E-state index in [1.807, 2.05) is 36.0 Å². The Balaban J connectivity index is 2.38. The van der Waals surface area contributed by atoms with Crippen molar-refractivity contribution in [2.75, 3.05) is 12.8 Å². The lowest BCUT2D eigenvalue weighted by Crippen LogP contribution is -1.94. The maximum Gasteiger partial charge on any atom is 0.132 e. The first-order valence-corrected chi connectivity index (χ1v) is 6.99. The van der Waals surface area contributed by atoms with E-state index in [0.717, 1.165) is 27.1 Å². The van der Waals surface area contributed by atoms with E-state index in [-0.39, 0.29) is 0 Å². The third-order valence-electron chi connectivity index (χ3n) is 2.88. The molecule has 1 aromatic heterocycles. The Kier molecular flexibility index (Phi) is 4.04. The van der Waals surface area contributed by atoms with E-state index < -0.39 is 0 Å². The molecule has 2 aromatic rings. The minimum atomic E-state index is 0.318. The van der Waals surface area contributed by atoms with Crippen molar-refractivity contribution in [1.29, 1.82) is 0 Å². The van der Waals surface area contributed by atoms with Crippen LogP contribution < -0.4 is 10.5 Å². The highest BCUT2D eigenvalue weighted by Gasteiger charge is 2.17. The normalized spacial score (nSPS) is 11.0. The molecule has 0 radical (unpaired) electrons. The van der Waals surface area contributed by atoms with Crippen LogP contribution in [0.4, 0.5) is 5.69 Å². The molecule has 5 heteroatoms. The molecule has 0 aliphatic carbocycles. The van der Waals surface area contributed by atoms with Crippen molar-refractivity contribution in [3.63, 3.8) is 0 Å². The topological polar surface area (TPSA) is 53.1 Å². The zero-order valence-electron chi connectivity index (χ0n) is 11.7. The van der Waals surface area contributed by atoms with E-state index in [1.165, 1.54) is 0 Å². The lowest BCUT2D eigenvalue weighted by Gasteiger charge is -2.08. The summed E-state index contributed by atoms with van der Waals surface area (Å²) in [5, 5.41) is 5.44. The summed E-state index contributed by atoms with van der Waals surface area (Å²) in [5.41, 5.74) is 7.90. The smallest absolute Gasteiger partial charge is 0.132 e. The zero-order valence-corrected chi connectivity index (χ0v) is 12.5. The molecule has 0 atom stereocenters. The number of anilines is 1. The second-order valence-corrected chi connectivity index (χ2v) is 5.67. The van der Waals surface area contributed by atoms with Gasteiger partial charge in [-0.3, -0.25) is 4.68 Å². The summed E-state index contributed by atoms with van der Waals surface area (Å²) in [4.78, 5) is 1.04. The molecule has 0 bridgehead atoms. The lowest BCUT2D eigenvalue weighted by atomic mass is 10.1. The van der Waals surface area contributed by atoms with Gasteiger partial charge in [0, 0.05) is 7.05 Å². The molecule has 0 saturated heterocycles. The van der Waals surface area contributed by atoms with Crippen molar-refractivity contribution in [3.8, 4) is 5.75 Å². The summed E-state index contributed by atoms with van der Waals surface area (Å²) in [6.07, 6.45) is 0. The van der Waals surface area contributed by atoms with Crippen molar-refractivity contribution in [2.45, 2.75) is 29.7 Å². The Hall–Kier alpha value is -1.62. The number of methoxy groups -OCH3 is 1. The number of hydrogen-bond acceptors (Lipinski definition) is 4. The first-order chi connectivity index (χ1) is 9.04. The van der Waals surface area contributed by atoms with Gasteiger partial charge in [-0.25, -0.2) is 0 Å². The van der Waals surface area contributed by atoms with E-state index in [2.05, 4.69) is 18.9 Å². The molecule has 0 aliphatic heterocycles. The van der Waals surface area contributed by atoms with Crippen LogP contribution in [0.3, 0.4) is 0 Å². The predicted octanol–water partition coefficient (Wildman–Crippen LogP) is 3.29. The Labute approximate surface area is 117 Å². The summed E-state index contributed by atoms with van der Waals surface area (Å²) in [5.74, 6) is 1.16. The SMILES string of the molecule is COc1ccccc1Sc1c(N)c(C(C)C)nn1C. The van der Waals surface area contributed by atoms with Gasteiger partial charge in [0.25, 0.3) is 0 Å². The highest BCUT2D eigenvalue weighted by molar-refractivity contribution is 7.99. The van der Waals surface area contributed by atoms with Gasteiger partial charge >= 0.3 is 0 Å². The van der Waals surface area contributed by atoms with E-state index in [1.54, 1.807) is 18.9 Å². The molecule has 0 aliphatic rings. The fourth-order valence-electron chi connectivity index (χ4n) is 1.90. The molecule has 1 aromatic carbocycles. The number of nitrogen functional groups attached to an aromatic ring is 1. The number of nitrogens with two attached hydrogens (primary N) is 1. The Bertz CT molecular complexity index is 578. The standard InChI is InChI=1S/C14H19N3OS/c1-9(2)13-12(15)14(17(3)16-13)19-11-8-6-5-7-10(11)18-4/h5-9H,15H2,1-4H3. The molecule has 1 heterocycles. The number of hydrogen-bond donors (Lipinski definition) is 1. The molecule has 0 spiro atoms. The number of aromatic nitrogens is 2. The van der Waals surface area contributed by atoms with Crippen LogP contribution in [0.1, 0.15) is 25.5 Å². The van der Waals surface area contributed by atoms with E-state index >= 15 is 0 Å². The Morgan fingerprint density at radius 2 is 2.00 bits per heavy atom. The van der Waals surface area contributed by atoms with Gasteiger partial charge in [0.2, 0.25) is 0 Å². The first kappa shape index (κ1) is 13.8. The molecule has 19 heavy (non-hydrogen) atoms. The number of aryl methyl sites for hydroxylation is 1. The van der Waals surface area contributed by atoms with Crippen LogP contribution >= 0.6 is 11.8 Å². The van der Waals surface area contributed by atoms with Crippen molar-refractivity contribution in [1.82, 2.24) is 9.78 Å². The van der Waals surface area contributed by atoms with Crippen molar-refractivity contribution in [2.24, 2.45) is 7.05 Å². The van der Waals surface area contributed by atoms with Crippen molar-refractivity contribution < 1.29 is 4.74 Å². The van der Waals surface area contributed by atoms with Gasteiger partial charge < -0.3 is 10.5 Å². The fourth-order valence-corrected chi connectivity index (χ4v) is 2.89. The molecule has 2 N–H and O–H groups in total. The number of ether oxygens (including phenoxy) is 1. The number of benzene rings is 1. The highest BCUT2D eigenvalue weighted by Crippen LogP contribution is 2.39. The van der Waals surface area contributed by atoms with Crippen molar-refractivity contribution >= 4 is 17.4 Å². The van der Waals surface area contributed by atoms with Gasteiger partial charge in [-0.05, 0) is 18.1 Å². The second-order valence-electron chi connectivity index (χ2n) is 4.64. The van der Waals surface area contributed by atoms with Gasteiger partial charge in [-0.15, -0.1) is 0 Å². The summed E-state index contributed by atoms with van der Waals surface area (Å²) in [6, 6.07) is 7.90. The van der Waals surface area contributed by atoms with Crippen LogP contribution in [0, 0.1) is 0 Å². The average Bonchev–Trinajstić information content (AvgIpc) is 2.67. The van der Waals surface area contributed by atoms with Crippen LogP contribution in [0.25, 0.3) is 0 Å². The fraction of sp³-hybridized carbons (Fsp3) is 0.357. The predicted molar refractivity (Wildman–Crippen MR) is 78.8 cm³/mol. The molecule has 102 valence electrons. The van der Waals surface area contributed by atoms with Gasteiger partial charge in [0.05, 0.1) is 23.4 Å². The number of para-hydroxylation sites is 1. The molecular weight excluding hydrogens is 258 g/mol.